The van der Waals surface area contributed by atoms with Gasteiger partial charge in [0.05, 0.1) is 6.04 Å². The molecule has 1 heterocycles. The minimum absolute atomic E-state index is 0.00212. The van der Waals surface area contributed by atoms with E-state index in [9.17, 15) is 4.79 Å². The molecule has 0 aliphatic carbocycles. The zero-order valence-electron chi connectivity index (χ0n) is 9.81. The standard InChI is InChI=1S/C13H13BrN2OS/c1-8(12-3-2-4-18-12)16-13(17)9-5-10(14)7-11(15)6-9/h2-8H,15H2,1H3,(H,16,17). The van der Waals surface area contributed by atoms with Crippen LogP contribution in [0.4, 0.5) is 5.69 Å². The second kappa shape index (κ2) is 5.54. The van der Waals surface area contributed by atoms with Crippen LogP contribution in [0, 0.1) is 0 Å². The van der Waals surface area contributed by atoms with Gasteiger partial charge >= 0.3 is 0 Å². The van der Waals surface area contributed by atoms with Crippen LogP contribution in [0.2, 0.25) is 0 Å². The first-order chi connectivity index (χ1) is 8.56. The number of hydrogen-bond donors (Lipinski definition) is 2. The number of carbonyl (C=O) groups excluding carboxylic acids is 1. The van der Waals surface area contributed by atoms with Crippen molar-refractivity contribution in [2.45, 2.75) is 13.0 Å². The van der Waals surface area contributed by atoms with Crippen molar-refractivity contribution in [2.24, 2.45) is 0 Å². The molecule has 0 fully saturated rings. The summed E-state index contributed by atoms with van der Waals surface area (Å²) in [7, 11) is 0. The molecule has 0 aliphatic rings. The quantitative estimate of drug-likeness (QED) is 0.848. The lowest BCUT2D eigenvalue weighted by atomic mass is 10.1. The minimum atomic E-state index is -0.121. The Balaban J connectivity index is 2.12. The van der Waals surface area contributed by atoms with E-state index in [0.29, 0.717) is 11.3 Å². The van der Waals surface area contributed by atoms with E-state index in [1.165, 1.54) is 0 Å². The maximum absolute atomic E-state index is 12.1. The molecule has 1 amide bonds. The zero-order valence-corrected chi connectivity index (χ0v) is 12.2. The van der Waals surface area contributed by atoms with Gasteiger partial charge in [-0.15, -0.1) is 11.3 Å². The number of amides is 1. The molecule has 0 saturated heterocycles. The molecular formula is C13H13BrN2OS. The number of halogens is 1. The van der Waals surface area contributed by atoms with Gasteiger partial charge in [0.1, 0.15) is 0 Å². The molecule has 1 unspecified atom stereocenters. The fraction of sp³-hybridized carbons (Fsp3) is 0.154. The first-order valence-corrected chi connectivity index (χ1v) is 7.14. The average molecular weight is 325 g/mol. The first kappa shape index (κ1) is 13.1. The molecule has 0 saturated carbocycles. The van der Waals surface area contributed by atoms with Crippen LogP contribution in [0.25, 0.3) is 0 Å². The van der Waals surface area contributed by atoms with Crippen molar-refractivity contribution in [3.63, 3.8) is 0 Å². The van der Waals surface area contributed by atoms with Gasteiger partial charge in [-0.05, 0) is 36.6 Å². The van der Waals surface area contributed by atoms with E-state index < -0.39 is 0 Å². The molecular weight excluding hydrogens is 312 g/mol. The highest BCUT2D eigenvalue weighted by atomic mass is 79.9. The summed E-state index contributed by atoms with van der Waals surface area (Å²) >= 11 is 4.95. The molecule has 1 aromatic heterocycles. The van der Waals surface area contributed by atoms with Crippen LogP contribution in [-0.4, -0.2) is 5.91 Å². The van der Waals surface area contributed by atoms with Crippen molar-refractivity contribution < 1.29 is 4.79 Å². The molecule has 94 valence electrons. The number of carbonyl (C=O) groups is 1. The van der Waals surface area contributed by atoms with Gasteiger partial charge in [0.15, 0.2) is 0 Å². The summed E-state index contributed by atoms with van der Waals surface area (Å²) in [5, 5.41) is 4.94. The van der Waals surface area contributed by atoms with Gasteiger partial charge in [-0.25, -0.2) is 0 Å². The Hall–Kier alpha value is -1.33. The lowest BCUT2D eigenvalue weighted by Gasteiger charge is -2.12. The summed E-state index contributed by atoms with van der Waals surface area (Å²) in [5.74, 6) is -0.121. The highest BCUT2D eigenvalue weighted by Gasteiger charge is 2.12. The van der Waals surface area contributed by atoms with Gasteiger partial charge in [-0.1, -0.05) is 22.0 Å². The van der Waals surface area contributed by atoms with Gasteiger partial charge in [-0.3, -0.25) is 4.79 Å². The Morgan fingerprint density at radius 1 is 1.44 bits per heavy atom. The summed E-state index contributed by atoms with van der Waals surface area (Å²) < 4.78 is 0.802. The largest absolute Gasteiger partial charge is 0.399 e. The third kappa shape index (κ3) is 3.11. The fourth-order valence-corrected chi connectivity index (χ4v) is 2.88. The smallest absolute Gasteiger partial charge is 0.251 e. The third-order valence-corrected chi connectivity index (χ3v) is 4.01. The number of nitrogens with one attached hydrogen (secondary N) is 1. The van der Waals surface area contributed by atoms with Crippen LogP contribution in [0.1, 0.15) is 28.2 Å². The predicted molar refractivity (Wildman–Crippen MR) is 78.8 cm³/mol. The van der Waals surface area contributed by atoms with E-state index in [1.54, 1.807) is 29.5 Å². The van der Waals surface area contributed by atoms with Crippen molar-refractivity contribution in [1.29, 1.82) is 0 Å². The Morgan fingerprint density at radius 3 is 2.83 bits per heavy atom. The number of anilines is 1. The SMILES string of the molecule is CC(NC(=O)c1cc(N)cc(Br)c1)c1cccs1. The highest BCUT2D eigenvalue weighted by molar-refractivity contribution is 9.10. The first-order valence-electron chi connectivity index (χ1n) is 5.46. The number of nitrogen functional groups attached to an aromatic ring is 1. The minimum Gasteiger partial charge on any atom is -0.399 e. The number of benzene rings is 1. The molecule has 2 aromatic rings. The van der Waals surface area contributed by atoms with Crippen molar-refractivity contribution in [1.82, 2.24) is 5.32 Å². The molecule has 3 N–H and O–H groups in total. The molecule has 5 heteroatoms. The van der Waals surface area contributed by atoms with Crippen LogP contribution < -0.4 is 11.1 Å². The van der Waals surface area contributed by atoms with Crippen molar-refractivity contribution in [3.8, 4) is 0 Å². The van der Waals surface area contributed by atoms with Crippen molar-refractivity contribution >= 4 is 38.9 Å². The van der Waals surface area contributed by atoms with Crippen molar-refractivity contribution in [2.75, 3.05) is 5.73 Å². The van der Waals surface area contributed by atoms with Gasteiger partial charge < -0.3 is 11.1 Å². The molecule has 18 heavy (non-hydrogen) atoms. The van der Waals surface area contributed by atoms with E-state index in [4.69, 9.17) is 5.73 Å². The molecule has 3 nitrogen and oxygen atoms in total. The second-order valence-electron chi connectivity index (χ2n) is 3.98. The van der Waals surface area contributed by atoms with E-state index in [2.05, 4.69) is 21.2 Å². The van der Waals surface area contributed by atoms with E-state index in [-0.39, 0.29) is 11.9 Å². The number of rotatable bonds is 3. The Labute approximate surface area is 118 Å². The van der Waals surface area contributed by atoms with Crippen LogP contribution in [0.5, 0.6) is 0 Å². The maximum atomic E-state index is 12.1. The van der Waals surface area contributed by atoms with E-state index >= 15 is 0 Å². The van der Waals surface area contributed by atoms with E-state index in [1.807, 2.05) is 24.4 Å². The molecule has 1 atom stereocenters. The monoisotopic (exact) mass is 324 g/mol. The second-order valence-corrected chi connectivity index (χ2v) is 5.88. The van der Waals surface area contributed by atoms with Gasteiger partial charge in [0.2, 0.25) is 0 Å². The lowest BCUT2D eigenvalue weighted by molar-refractivity contribution is 0.0940. The zero-order chi connectivity index (χ0) is 13.1. The van der Waals surface area contributed by atoms with E-state index in [0.717, 1.165) is 9.35 Å². The lowest BCUT2D eigenvalue weighted by Crippen LogP contribution is -2.26. The summed E-state index contributed by atoms with van der Waals surface area (Å²) in [6.45, 7) is 1.96. The van der Waals surface area contributed by atoms with Crippen LogP contribution >= 0.6 is 27.3 Å². The molecule has 0 aliphatic heterocycles. The maximum Gasteiger partial charge on any atom is 0.251 e. The van der Waals surface area contributed by atoms with Crippen LogP contribution in [-0.2, 0) is 0 Å². The van der Waals surface area contributed by atoms with Crippen molar-refractivity contribution in [3.05, 3.63) is 50.6 Å². The van der Waals surface area contributed by atoms with Gasteiger partial charge in [0, 0.05) is 20.6 Å². The van der Waals surface area contributed by atoms with Gasteiger partial charge in [0.25, 0.3) is 5.91 Å². The fourth-order valence-electron chi connectivity index (χ4n) is 1.63. The number of thiophene rings is 1. The Kier molecular flexibility index (Phi) is 4.04. The summed E-state index contributed by atoms with van der Waals surface area (Å²) in [6.07, 6.45) is 0. The van der Waals surface area contributed by atoms with Gasteiger partial charge in [-0.2, -0.15) is 0 Å². The average Bonchev–Trinajstić information content (AvgIpc) is 2.80. The normalized spacial score (nSPS) is 12.1. The molecule has 0 bridgehead atoms. The summed E-state index contributed by atoms with van der Waals surface area (Å²) in [4.78, 5) is 13.2. The number of nitrogens with two attached hydrogens (primary N) is 1. The predicted octanol–water partition coefficient (Wildman–Crippen LogP) is 3.58. The van der Waals surface area contributed by atoms with Crippen LogP contribution in [0.3, 0.4) is 0 Å². The number of hydrogen-bond acceptors (Lipinski definition) is 3. The van der Waals surface area contributed by atoms with Crippen LogP contribution in [0.15, 0.2) is 40.2 Å². The highest BCUT2D eigenvalue weighted by Crippen LogP contribution is 2.20. The molecule has 0 radical (unpaired) electrons. The molecule has 2 rings (SSSR count). The molecule has 1 aromatic carbocycles. The Bertz CT molecular complexity index is 534. The summed E-state index contributed by atoms with van der Waals surface area (Å²) in [5.41, 5.74) is 6.84. The summed E-state index contributed by atoms with van der Waals surface area (Å²) in [6, 6.07) is 9.16. The Morgan fingerprint density at radius 2 is 2.22 bits per heavy atom. The topological polar surface area (TPSA) is 55.1 Å². The third-order valence-electron chi connectivity index (χ3n) is 2.50. The molecule has 0 spiro atoms.